The van der Waals surface area contributed by atoms with Gasteiger partial charge in [-0.2, -0.15) is 18.3 Å². The minimum absolute atomic E-state index is 0.0425. The molecule has 0 saturated heterocycles. The molecule has 3 aliphatic carbocycles. The quantitative estimate of drug-likeness (QED) is 0.816. The summed E-state index contributed by atoms with van der Waals surface area (Å²) in [5.41, 5.74) is -0.929. The first-order valence-corrected chi connectivity index (χ1v) is 6.46. The van der Waals surface area contributed by atoms with E-state index in [1.165, 1.54) is 0 Å². The fraction of sp³-hybridized carbons (Fsp3) is 0.750. The first-order valence-electron chi connectivity index (χ1n) is 6.46. The van der Waals surface area contributed by atoms with Crippen LogP contribution in [0.3, 0.4) is 0 Å². The van der Waals surface area contributed by atoms with Crippen molar-refractivity contribution in [3.8, 4) is 0 Å². The predicted molar refractivity (Wildman–Crippen MR) is 60.7 cm³/mol. The third kappa shape index (κ3) is 1.50. The molecule has 1 heterocycles. The van der Waals surface area contributed by atoms with Gasteiger partial charge >= 0.3 is 6.18 Å². The highest BCUT2D eigenvalue weighted by molar-refractivity contribution is 6.45. The second-order valence-electron chi connectivity index (χ2n) is 5.93. The molecule has 1 aliphatic heterocycles. The van der Waals surface area contributed by atoms with Gasteiger partial charge in [0, 0.05) is 11.8 Å². The third-order valence-electron chi connectivity index (χ3n) is 4.68. The van der Waals surface area contributed by atoms with Crippen molar-refractivity contribution in [1.82, 2.24) is 5.32 Å². The Balaban J connectivity index is 1.48. The monoisotopic (exact) mass is 271 g/mol. The SMILES string of the molecule is O=C(NC1(C(F)(F)F)CC1)C1=NN=C2C1CC1CC21. The molecule has 3 fully saturated rings. The molecule has 7 heteroatoms. The van der Waals surface area contributed by atoms with Crippen LogP contribution in [0.15, 0.2) is 10.2 Å². The van der Waals surface area contributed by atoms with Gasteiger partial charge < -0.3 is 5.32 Å². The smallest absolute Gasteiger partial charge is 0.337 e. The van der Waals surface area contributed by atoms with Crippen LogP contribution in [0.4, 0.5) is 13.2 Å². The number of amides is 1. The maximum absolute atomic E-state index is 12.8. The van der Waals surface area contributed by atoms with Crippen LogP contribution in [0, 0.1) is 17.8 Å². The average Bonchev–Trinajstić information content (AvgIpc) is 3.18. The van der Waals surface area contributed by atoms with E-state index in [9.17, 15) is 18.0 Å². The summed E-state index contributed by atoms with van der Waals surface area (Å²) >= 11 is 0. The number of hydrogen-bond acceptors (Lipinski definition) is 3. The summed E-state index contributed by atoms with van der Waals surface area (Å²) in [5, 5.41) is 9.94. The lowest BCUT2D eigenvalue weighted by molar-refractivity contribution is -0.168. The van der Waals surface area contributed by atoms with Gasteiger partial charge in [0.2, 0.25) is 0 Å². The van der Waals surface area contributed by atoms with E-state index in [2.05, 4.69) is 15.5 Å². The van der Waals surface area contributed by atoms with E-state index in [4.69, 9.17) is 0 Å². The summed E-state index contributed by atoms with van der Waals surface area (Å²) in [6.45, 7) is 0. The molecule has 4 nitrogen and oxygen atoms in total. The van der Waals surface area contributed by atoms with E-state index in [1.54, 1.807) is 0 Å². The van der Waals surface area contributed by atoms with E-state index in [0.29, 0.717) is 11.8 Å². The molecular weight excluding hydrogens is 259 g/mol. The number of rotatable bonds is 2. The van der Waals surface area contributed by atoms with Gasteiger partial charge in [0.1, 0.15) is 11.3 Å². The van der Waals surface area contributed by atoms with Crippen LogP contribution in [-0.2, 0) is 4.79 Å². The molecular formula is C12H12F3N3O. The molecule has 0 aromatic heterocycles. The highest BCUT2D eigenvalue weighted by Crippen LogP contribution is 2.54. The molecule has 4 aliphatic rings. The van der Waals surface area contributed by atoms with E-state index in [0.717, 1.165) is 18.6 Å². The first-order chi connectivity index (χ1) is 8.91. The Morgan fingerprint density at radius 2 is 2.00 bits per heavy atom. The number of nitrogens with zero attached hydrogens (tertiary/aromatic N) is 2. The summed E-state index contributed by atoms with van der Waals surface area (Å²) in [7, 11) is 0. The number of nitrogens with one attached hydrogen (secondary N) is 1. The van der Waals surface area contributed by atoms with Crippen LogP contribution >= 0.6 is 0 Å². The lowest BCUT2D eigenvalue weighted by Gasteiger charge is -2.21. The minimum Gasteiger partial charge on any atom is -0.337 e. The summed E-state index contributed by atoms with van der Waals surface area (Å²) in [5.74, 6) is 0.170. The number of hydrogen-bond donors (Lipinski definition) is 1. The molecule has 102 valence electrons. The average molecular weight is 271 g/mol. The van der Waals surface area contributed by atoms with Crippen LogP contribution in [0.2, 0.25) is 0 Å². The van der Waals surface area contributed by atoms with Gasteiger partial charge in [-0.25, -0.2) is 0 Å². The standard InChI is InChI=1S/C12H12F3N3O/c13-12(14,15)11(1-2-11)16-10(19)9-7-4-5-3-6(5)8(7)17-18-9/h5-7H,1-4H2,(H,16,19). The van der Waals surface area contributed by atoms with Crippen LogP contribution in [0.5, 0.6) is 0 Å². The van der Waals surface area contributed by atoms with Gasteiger partial charge in [0.25, 0.3) is 5.91 Å². The van der Waals surface area contributed by atoms with Crippen molar-refractivity contribution >= 4 is 17.3 Å². The van der Waals surface area contributed by atoms with E-state index < -0.39 is 17.6 Å². The number of carbonyl (C=O) groups excluding carboxylic acids is 1. The molecule has 0 bridgehead atoms. The molecule has 0 radical (unpaired) electrons. The van der Waals surface area contributed by atoms with Gasteiger partial charge in [0.15, 0.2) is 0 Å². The zero-order valence-electron chi connectivity index (χ0n) is 10.00. The van der Waals surface area contributed by atoms with E-state index in [1.807, 2.05) is 0 Å². The van der Waals surface area contributed by atoms with Crippen molar-refractivity contribution in [3.05, 3.63) is 0 Å². The summed E-state index contributed by atoms with van der Waals surface area (Å²) in [6.07, 6.45) is -2.57. The van der Waals surface area contributed by atoms with Gasteiger partial charge in [-0.05, 0) is 31.6 Å². The van der Waals surface area contributed by atoms with Crippen molar-refractivity contribution in [2.45, 2.75) is 37.4 Å². The first kappa shape index (κ1) is 11.4. The van der Waals surface area contributed by atoms with Crippen LogP contribution < -0.4 is 5.32 Å². The number of carbonyl (C=O) groups is 1. The molecule has 1 amide bonds. The largest absolute Gasteiger partial charge is 0.411 e. The summed E-state index contributed by atoms with van der Waals surface area (Å²) in [4.78, 5) is 12.0. The van der Waals surface area contributed by atoms with Gasteiger partial charge in [-0.1, -0.05) is 0 Å². The molecule has 3 unspecified atom stereocenters. The van der Waals surface area contributed by atoms with E-state index >= 15 is 0 Å². The highest BCUT2D eigenvalue weighted by Gasteiger charge is 2.65. The Labute approximate surface area is 107 Å². The van der Waals surface area contributed by atoms with Crippen molar-refractivity contribution < 1.29 is 18.0 Å². The van der Waals surface area contributed by atoms with Gasteiger partial charge in [0.05, 0.1) is 5.71 Å². The van der Waals surface area contributed by atoms with Crippen LogP contribution in [0.1, 0.15) is 25.7 Å². The molecule has 3 atom stereocenters. The van der Waals surface area contributed by atoms with Gasteiger partial charge in [-0.15, -0.1) is 5.10 Å². The fourth-order valence-electron chi connectivity index (χ4n) is 3.22. The molecule has 0 aromatic rings. The molecule has 3 saturated carbocycles. The van der Waals surface area contributed by atoms with Crippen molar-refractivity contribution in [3.63, 3.8) is 0 Å². The van der Waals surface area contributed by atoms with Crippen LogP contribution in [-0.4, -0.2) is 29.0 Å². The molecule has 19 heavy (non-hydrogen) atoms. The Morgan fingerprint density at radius 3 is 2.63 bits per heavy atom. The Bertz CT molecular complexity index is 533. The number of fused-ring (bicyclic) bond motifs is 3. The third-order valence-corrected chi connectivity index (χ3v) is 4.68. The maximum atomic E-state index is 12.8. The van der Waals surface area contributed by atoms with E-state index in [-0.39, 0.29) is 24.5 Å². The van der Waals surface area contributed by atoms with Crippen LogP contribution in [0.25, 0.3) is 0 Å². The fourth-order valence-corrected chi connectivity index (χ4v) is 3.22. The van der Waals surface area contributed by atoms with Crippen molar-refractivity contribution in [2.24, 2.45) is 28.0 Å². The zero-order valence-corrected chi connectivity index (χ0v) is 10.00. The maximum Gasteiger partial charge on any atom is 0.411 e. The molecule has 4 rings (SSSR count). The summed E-state index contributed by atoms with van der Waals surface area (Å²) < 4.78 is 38.4. The zero-order chi connectivity index (χ0) is 13.4. The summed E-state index contributed by atoms with van der Waals surface area (Å²) in [6, 6.07) is 0. The number of halogens is 3. The topological polar surface area (TPSA) is 53.8 Å². The Morgan fingerprint density at radius 1 is 1.26 bits per heavy atom. The van der Waals surface area contributed by atoms with Gasteiger partial charge in [-0.3, -0.25) is 4.79 Å². The second kappa shape index (κ2) is 3.19. The van der Waals surface area contributed by atoms with Crippen molar-refractivity contribution in [2.75, 3.05) is 0 Å². The lowest BCUT2D eigenvalue weighted by Crippen LogP contribution is -2.51. The van der Waals surface area contributed by atoms with Crippen molar-refractivity contribution in [1.29, 1.82) is 0 Å². The second-order valence-corrected chi connectivity index (χ2v) is 5.93. The molecule has 1 N–H and O–H groups in total. The molecule has 0 aromatic carbocycles. The number of alkyl halides is 3. The molecule has 0 spiro atoms. The highest BCUT2D eigenvalue weighted by atomic mass is 19.4. The Kier molecular flexibility index (Phi) is 1.92. The normalized spacial score (nSPS) is 37.1. The predicted octanol–water partition coefficient (Wildman–Crippen LogP) is 1.66. The Hall–Kier alpha value is -1.40. The lowest BCUT2D eigenvalue weighted by atomic mass is 9.96. The minimum atomic E-state index is -4.39.